The van der Waals surface area contributed by atoms with Crippen LogP contribution in [0.15, 0.2) is 0 Å². The molecule has 13 heavy (non-hydrogen) atoms. The number of halogens is 1. The van der Waals surface area contributed by atoms with E-state index >= 15 is 0 Å². The lowest BCUT2D eigenvalue weighted by Gasteiger charge is -2.24. The van der Waals surface area contributed by atoms with Crippen molar-refractivity contribution in [3.63, 3.8) is 0 Å². The number of hydrogen-bond acceptors (Lipinski definition) is 2. The molecule has 1 N–H and O–H groups in total. The smallest absolute Gasteiger partial charge is 0.222 e. The highest BCUT2D eigenvalue weighted by Crippen LogP contribution is 2.12. The third kappa shape index (κ3) is 2.85. The highest BCUT2D eigenvalue weighted by Gasteiger charge is 2.24. The van der Waals surface area contributed by atoms with Crippen molar-refractivity contribution in [3.05, 3.63) is 0 Å². The summed E-state index contributed by atoms with van der Waals surface area (Å²) in [6, 6.07) is 0.198. The fourth-order valence-corrected chi connectivity index (χ4v) is 1.83. The predicted octanol–water partition coefficient (Wildman–Crippen LogP) is 1.38. The largest absolute Gasteiger partial charge is 0.341 e. The standard InChI is InChI=1S/C9H17ClN2O/c1-7(2)8(11-10)6-12-5-3-4-9(12)13/h7-8,11H,3-6H2,1-2H3/t8-/m1/s1. The number of rotatable bonds is 4. The maximum Gasteiger partial charge on any atom is 0.222 e. The van der Waals surface area contributed by atoms with Crippen LogP contribution < -0.4 is 4.84 Å². The molecule has 0 spiro atoms. The monoisotopic (exact) mass is 204 g/mol. The maximum atomic E-state index is 11.3. The zero-order valence-corrected chi connectivity index (χ0v) is 8.97. The van der Waals surface area contributed by atoms with Gasteiger partial charge in [-0.3, -0.25) is 4.79 Å². The van der Waals surface area contributed by atoms with Crippen LogP contribution in [-0.2, 0) is 4.79 Å². The van der Waals surface area contributed by atoms with Crippen molar-refractivity contribution in [1.29, 1.82) is 0 Å². The number of hydrogen-bond donors (Lipinski definition) is 1. The van der Waals surface area contributed by atoms with Crippen molar-refractivity contribution < 1.29 is 4.79 Å². The molecule has 0 aromatic carbocycles. The van der Waals surface area contributed by atoms with Gasteiger partial charge in [0, 0.05) is 25.6 Å². The molecule has 3 nitrogen and oxygen atoms in total. The van der Waals surface area contributed by atoms with E-state index in [1.54, 1.807) is 0 Å². The molecule has 1 amide bonds. The van der Waals surface area contributed by atoms with Crippen LogP contribution in [0, 0.1) is 5.92 Å². The van der Waals surface area contributed by atoms with Gasteiger partial charge in [-0.25, -0.2) is 4.84 Å². The van der Waals surface area contributed by atoms with Crippen LogP contribution >= 0.6 is 11.8 Å². The van der Waals surface area contributed by atoms with Gasteiger partial charge in [-0.05, 0) is 24.1 Å². The summed E-state index contributed by atoms with van der Waals surface area (Å²) in [5.41, 5.74) is 0. The van der Waals surface area contributed by atoms with E-state index in [1.807, 2.05) is 4.90 Å². The van der Waals surface area contributed by atoms with Crippen molar-refractivity contribution in [2.45, 2.75) is 32.7 Å². The zero-order valence-electron chi connectivity index (χ0n) is 8.22. The number of carbonyl (C=O) groups excluding carboxylic acids is 1. The lowest BCUT2D eigenvalue weighted by atomic mass is 10.1. The molecule has 0 aliphatic carbocycles. The van der Waals surface area contributed by atoms with Crippen LogP contribution in [0.1, 0.15) is 26.7 Å². The summed E-state index contributed by atoms with van der Waals surface area (Å²) in [5.74, 6) is 0.712. The lowest BCUT2D eigenvalue weighted by Crippen LogP contribution is -2.41. The van der Waals surface area contributed by atoms with Gasteiger partial charge in [-0.2, -0.15) is 0 Å². The minimum atomic E-state index is 0.198. The van der Waals surface area contributed by atoms with Crippen molar-refractivity contribution >= 4 is 17.7 Å². The molecule has 1 fully saturated rings. The van der Waals surface area contributed by atoms with E-state index in [2.05, 4.69) is 18.7 Å². The zero-order chi connectivity index (χ0) is 9.84. The van der Waals surface area contributed by atoms with Crippen molar-refractivity contribution in [1.82, 2.24) is 9.74 Å². The Morgan fingerprint density at radius 2 is 2.31 bits per heavy atom. The second kappa shape index (κ2) is 4.82. The molecule has 0 saturated carbocycles. The minimum Gasteiger partial charge on any atom is -0.341 e. The molecule has 0 unspecified atom stereocenters. The molecule has 1 aliphatic rings. The predicted molar refractivity (Wildman–Crippen MR) is 53.4 cm³/mol. The molecule has 1 saturated heterocycles. The third-order valence-corrected chi connectivity index (χ3v) is 2.81. The molecule has 1 rings (SSSR count). The fourth-order valence-electron chi connectivity index (χ4n) is 1.51. The molecule has 0 radical (unpaired) electrons. The first-order valence-electron chi connectivity index (χ1n) is 4.79. The lowest BCUT2D eigenvalue weighted by molar-refractivity contribution is -0.128. The highest BCUT2D eigenvalue weighted by molar-refractivity contribution is 6.13. The topological polar surface area (TPSA) is 32.3 Å². The van der Waals surface area contributed by atoms with Crippen molar-refractivity contribution in [2.24, 2.45) is 5.92 Å². The van der Waals surface area contributed by atoms with Crippen LogP contribution in [0.3, 0.4) is 0 Å². The van der Waals surface area contributed by atoms with Gasteiger partial charge in [0.1, 0.15) is 0 Å². The number of carbonyl (C=O) groups is 1. The molecule has 76 valence electrons. The molecule has 4 heteroatoms. The Bertz CT molecular complexity index is 184. The van der Waals surface area contributed by atoms with Crippen LogP contribution in [0.5, 0.6) is 0 Å². The molecular formula is C9H17ClN2O. The van der Waals surface area contributed by atoms with Gasteiger partial charge in [-0.1, -0.05) is 13.8 Å². The molecule has 1 heterocycles. The van der Waals surface area contributed by atoms with Crippen LogP contribution in [0.4, 0.5) is 0 Å². The Kier molecular flexibility index (Phi) is 4.00. The van der Waals surface area contributed by atoms with Gasteiger partial charge in [-0.15, -0.1) is 0 Å². The van der Waals surface area contributed by atoms with Gasteiger partial charge < -0.3 is 4.90 Å². The summed E-state index contributed by atoms with van der Waals surface area (Å²) < 4.78 is 0. The number of nitrogens with one attached hydrogen (secondary N) is 1. The molecule has 1 aliphatic heterocycles. The molecule has 0 aromatic heterocycles. The van der Waals surface area contributed by atoms with Gasteiger partial charge in [0.05, 0.1) is 0 Å². The summed E-state index contributed by atoms with van der Waals surface area (Å²) >= 11 is 5.60. The Hall–Kier alpha value is -0.280. The first-order valence-corrected chi connectivity index (χ1v) is 5.17. The van der Waals surface area contributed by atoms with Crippen molar-refractivity contribution in [3.8, 4) is 0 Å². The summed E-state index contributed by atoms with van der Waals surface area (Å²) in [6.07, 6.45) is 1.69. The quantitative estimate of drug-likeness (QED) is 0.702. The Morgan fingerprint density at radius 1 is 1.62 bits per heavy atom. The van der Waals surface area contributed by atoms with Gasteiger partial charge in [0.25, 0.3) is 0 Å². The Morgan fingerprint density at radius 3 is 2.69 bits per heavy atom. The summed E-state index contributed by atoms with van der Waals surface area (Å²) in [5, 5.41) is 0. The average molecular weight is 205 g/mol. The summed E-state index contributed by atoms with van der Waals surface area (Å²) in [4.78, 5) is 15.9. The number of likely N-dealkylation sites (tertiary alicyclic amines) is 1. The van der Waals surface area contributed by atoms with Gasteiger partial charge in [0.15, 0.2) is 0 Å². The second-order valence-electron chi connectivity index (χ2n) is 3.90. The molecular weight excluding hydrogens is 188 g/mol. The third-order valence-electron chi connectivity index (χ3n) is 2.53. The van der Waals surface area contributed by atoms with E-state index in [-0.39, 0.29) is 11.9 Å². The van der Waals surface area contributed by atoms with E-state index in [0.717, 1.165) is 19.5 Å². The number of amides is 1. The van der Waals surface area contributed by atoms with Gasteiger partial charge in [0.2, 0.25) is 5.91 Å². The van der Waals surface area contributed by atoms with E-state index in [1.165, 1.54) is 0 Å². The molecule has 0 bridgehead atoms. The molecule has 1 atom stereocenters. The highest BCUT2D eigenvalue weighted by atomic mass is 35.5. The minimum absolute atomic E-state index is 0.198. The van der Waals surface area contributed by atoms with E-state index < -0.39 is 0 Å². The number of nitrogens with zero attached hydrogens (tertiary/aromatic N) is 1. The van der Waals surface area contributed by atoms with Crippen molar-refractivity contribution in [2.75, 3.05) is 13.1 Å². The van der Waals surface area contributed by atoms with Gasteiger partial charge >= 0.3 is 0 Å². The summed E-state index contributed by atoms with van der Waals surface area (Å²) in [6.45, 7) is 5.82. The SMILES string of the molecule is CC(C)[C@@H](CN1CCCC1=O)NCl. The maximum absolute atomic E-state index is 11.3. The second-order valence-corrected chi connectivity index (χ2v) is 4.12. The van der Waals surface area contributed by atoms with Crippen LogP contribution in [0.25, 0.3) is 0 Å². The normalized spacial score (nSPS) is 20.0. The van der Waals surface area contributed by atoms with Crippen LogP contribution in [-0.4, -0.2) is 29.9 Å². The summed E-state index contributed by atoms with van der Waals surface area (Å²) in [7, 11) is 0. The van der Waals surface area contributed by atoms with Crippen LogP contribution in [0.2, 0.25) is 0 Å². The van der Waals surface area contributed by atoms with E-state index in [9.17, 15) is 4.79 Å². The Balaban J connectivity index is 2.41. The molecule has 0 aromatic rings. The first kappa shape index (κ1) is 10.8. The Labute approximate surface area is 84.5 Å². The van der Waals surface area contributed by atoms with E-state index in [0.29, 0.717) is 12.3 Å². The fraction of sp³-hybridized carbons (Fsp3) is 0.889. The van der Waals surface area contributed by atoms with E-state index in [4.69, 9.17) is 11.8 Å². The average Bonchev–Trinajstić information content (AvgIpc) is 2.46. The first-order chi connectivity index (χ1) is 6.15.